The molecule has 0 spiro atoms. The van der Waals surface area contributed by atoms with E-state index in [9.17, 15) is 0 Å². The lowest BCUT2D eigenvalue weighted by atomic mass is 10.1. The highest BCUT2D eigenvalue weighted by atomic mass is 16.5. The number of benzene rings is 2. The number of ether oxygens (including phenoxy) is 1. The molecule has 0 amide bonds. The van der Waals surface area contributed by atoms with Gasteiger partial charge in [-0.15, -0.1) is 0 Å². The Morgan fingerprint density at radius 1 is 1.00 bits per heavy atom. The lowest BCUT2D eigenvalue weighted by Crippen LogP contribution is -2.10. The van der Waals surface area contributed by atoms with Gasteiger partial charge in [-0.05, 0) is 42.5 Å². The average Bonchev–Trinajstić information content (AvgIpc) is 2.55. The summed E-state index contributed by atoms with van der Waals surface area (Å²) in [4.78, 5) is 6.33. The zero-order chi connectivity index (χ0) is 14.8. The van der Waals surface area contributed by atoms with Crippen molar-refractivity contribution in [3.8, 4) is 5.75 Å². The number of fused-ring (bicyclic) bond motifs is 1. The van der Waals surface area contributed by atoms with Crippen molar-refractivity contribution in [1.82, 2.24) is 4.98 Å². The third kappa shape index (κ3) is 2.36. The fraction of sp³-hybridized carbons (Fsp3) is 0.118. The number of hydrogen-bond acceptors (Lipinski definition) is 4. The van der Waals surface area contributed by atoms with E-state index < -0.39 is 0 Å². The summed E-state index contributed by atoms with van der Waals surface area (Å²) in [6.45, 7) is 0. The van der Waals surface area contributed by atoms with Crippen molar-refractivity contribution < 1.29 is 4.74 Å². The second-order valence-corrected chi connectivity index (χ2v) is 4.85. The summed E-state index contributed by atoms with van der Waals surface area (Å²) < 4.78 is 5.20. The SMILES string of the molecule is COc1ccc(N(C)c2ccc(N)c3ccncc23)cc1. The van der Waals surface area contributed by atoms with Crippen molar-refractivity contribution in [2.75, 3.05) is 24.8 Å². The fourth-order valence-corrected chi connectivity index (χ4v) is 2.44. The van der Waals surface area contributed by atoms with Gasteiger partial charge in [-0.2, -0.15) is 0 Å². The zero-order valence-electron chi connectivity index (χ0n) is 12.1. The third-order valence-corrected chi connectivity index (χ3v) is 3.65. The van der Waals surface area contributed by atoms with Crippen LogP contribution in [0.1, 0.15) is 0 Å². The van der Waals surface area contributed by atoms with Crippen LogP contribution in [0.25, 0.3) is 10.8 Å². The topological polar surface area (TPSA) is 51.4 Å². The van der Waals surface area contributed by atoms with Gasteiger partial charge in [0.25, 0.3) is 0 Å². The number of pyridine rings is 1. The molecule has 4 nitrogen and oxygen atoms in total. The van der Waals surface area contributed by atoms with Crippen LogP contribution >= 0.6 is 0 Å². The first-order valence-corrected chi connectivity index (χ1v) is 6.70. The Kier molecular flexibility index (Phi) is 3.36. The van der Waals surface area contributed by atoms with Gasteiger partial charge in [-0.1, -0.05) is 0 Å². The number of aromatic nitrogens is 1. The Morgan fingerprint density at radius 2 is 1.76 bits per heavy atom. The Labute approximate surface area is 123 Å². The van der Waals surface area contributed by atoms with Crippen molar-refractivity contribution in [2.45, 2.75) is 0 Å². The Bertz CT molecular complexity index is 769. The molecule has 106 valence electrons. The molecule has 1 aromatic heterocycles. The predicted octanol–water partition coefficient (Wildman–Crippen LogP) is 3.59. The second-order valence-electron chi connectivity index (χ2n) is 4.85. The maximum atomic E-state index is 6.04. The van der Waals surface area contributed by atoms with Crippen LogP contribution in [0.15, 0.2) is 54.9 Å². The molecule has 0 saturated carbocycles. The first-order valence-electron chi connectivity index (χ1n) is 6.70. The van der Waals surface area contributed by atoms with Crippen LogP contribution in [0.3, 0.4) is 0 Å². The summed E-state index contributed by atoms with van der Waals surface area (Å²) in [5.74, 6) is 0.844. The highest BCUT2D eigenvalue weighted by Gasteiger charge is 2.10. The molecule has 3 rings (SSSR count). The summed E-state index contributed by atoms with van der Waals surface area (Å²) in [5.41, 5.74) is 8.94. The van der Waals surface area contributed by atoms with Crippen LogP contribution in [0.2, 0.25) is 0 Å². The van der Waals surface area contributed by atoms with Gasteiger partial charge >= 0.3 is 0 Å². The molecule has 3 aromatic rings. The number of hydrogen-bond donors (Lipinski definition) is 1. The van der Waals surface area contributed by atoms with Gasteiger partial charge in [0.1, 0.15) is 5.75 Å². The minimum absolute atomic E-state index is 0.763. The van der Waals surface area contributed by atoms with Crippen LogP contribution in [-0.4, -0.2) is 19.1 Å². The van der Waals surface area contributed by atoms with E-state index in [0.29, 0.717) is 0 Å². The molecule has 0 bridgehead atoms. The minimum atomic E-state index is 0.763. The van der Waals surface area contributed by atoms with Gasteiger partial charge in [0.2, 0.25) is 0 Å². The molecule has 0 aliphatic carbocycles. The number of nitrogens with zero attached hydrogens (tertiary/aromatic N) is 2. The van der Waals surface area contributed by atoms with E-state index in [-0.39, 0.29) is 0 Å². The Morgan fingerprint density at radius 3 is 2.48 bits per heavy atom. The predicted molar refractivity (Wildman–Crippen MR) is 87.2 cm³/mol. The molecule has 0 saturated heterocycles. The van der Waals surface area contributed by atoms with Crippen LogP contribution in [0, 0.1) is 0 Å². The number of rotatable bonds is 3. The lowest BCUT2D eigenvalue weighted by molar-refractivity contribution is 0.415. The van der Waals surface area contributed by atoms with Gasteiger partial charge in [-0.25, -0.2) is 0 Å². The second kappa shape index (κ2) is 5.32. The summed E-state index contributed by atoms with van der Waals surface area (Å²) >= 11 is 0. The van der Waals surface area contributed by atoms with Gasteiger partial charge in [-0.3, -0.25) is 4.98 Å². The van der Waals surface area contributed by atoms with Crippen molar-refractivity contribution in [2.24, 2.45) is 0 Å². The van der Waals surface area contributed by atoms with Gasteiger partial charge in [0, 0.05) is 41.6 Å². The molecule has 4 heteroatoms. The van der Waals surface area contributed by atoms with Crippen molar-refractivity contribution in [3.05, 3.63) is 54.9 Å². The van der Waals surface area contributed by atoms with Crippen LogP contribution in [-0.2, 0) is 0 Å². The van der Waals surface area contributed by atoms with E-state index in [1.165, 1.54) is 0 Å². The lowest BCUT2D eigenvalue weighted by Gasteiger charge is -2.22. The summed E-state index contributed by atoms with van der Waals surface area (Å²) in [6.07, 6.45) is 3.61. The smallest absolute Gasteiger partial charge is 0.119 e. The Hall–Kier alpha value is -2.75. The van der Waals surface area contributed by atoms with Crippen LogP contribution in [0.5, 0.6) is 5.75 Å². The molecule has 0 atom stereocenters. The molecule has 0 aliphatic heterocycles. The van der Waals surface area contributed by atoms with E-state index in [1.807, 2.05) is 55.7 Å². The molecule has 2 aromatic carbocycles. The van der Waals surface area contributed by atoms with Crippen molar-refractivity contribution in [1.29, 1.82) is 0 Å². The van der Waals surface area contributed by atoms with Crippen LogP contribution < -0.4 is 15.4 Å². The van der Waals surface area contributed by atoms with Gasteiger partial charge in [0.05, 0.1) is 12.8 Å². The first-order chi connectivity index (χ1) is 10.2. The number of nitrogen functional groups attached to an aromatic ring is 1. The largest absolute Gasteiger partial charge is 0.497 e. The van der Waals surface area contributed by atoms with Gasteiger partial charge < -0.3 is 15.4 Å². The molecule has 0 fully saturated rings. The minimum Gasteiger partial charge on any atom is -0.497 e. The van der Waals surface area contributed by atoms with Gasteiger partial charge in [0.15, 0.2) is 0 Å². The maximum Gasteiger partial charge on any atom is 0.119 e. The highest BCUT2D eigenvalue weighted by molar-refractivity contribution is 6.01. The summed E-state index contributed by atoms with van der Waals surface area (Å²) in [5, 5.41) is 2.05. The molecule has 2 N–H and O–H groups in total. The van der Waals surface area contributed by atoms with Crippen LogP contribution in [0.4, 0.5) is 17.1 Å². The molecular weight excluding hydrogens is 262 g/mol. The molecule has 0 aliphatic rings. The van der Waals surface area contributed by atoms with Crippen molar-refractivity contribution >= 4 is 27.8 Å². The highest BCUT2D eigenvalue weighted by Crippen LogP contribution is 2.33. The van der Waals surface area contributed by atoms with E-state index >= 15 is 0 Å². The molecule has 0 unspecified atom stereocenters. The summed E-state index contributed by atoms with van der Waals surface area (Å²) in [6, 6.07) is 13.8. The van der Waals surface area contributed by atoms with Crippen molar-refractivity contribution in [3.63, 3.8) is 0 Å². The number of anilines is 3. The normalized spacial score (nSPS) is 10.6. The fourth-order valence-electron chi connectivity index (χ4n) is 2.44. The van der Waals surface area contributed by atoms with E-state index in [0.717, 1.165) is 33.6 Å². The molecular formula is C17H17N3O. The molecule has 0 radical (unpaired) electrons. The standard InChI is InChI=1S/C17H17N3O/c1-20(12-3-5-13(21-2)6-4-12)17-8-7-16(18)14-9-10-19-11-15(14)17/h3-11H,18H2,1-2H3. The first kappa shape index (κ1) is 13.2. The van der Waals surface area contributed by atoms with E-state index in [1.54, 1.807) is 13.3 Å². The van der Waals surface area contributed by atoms with E-state index in [2.05, 4.69) is 9.88 Å². The third-order valence-electron chi connectivity index (χ3n) is 3.65. The average molecular weight is 279 g/mol. The molecule has 1 heterocycles. The Balaban J connectivity index is 2.08. The number of nitrogens with two attached hydrogens (primary N) is 1. The maximum absolute atomic E-state index is 6.04. The quantitative estimate of drug-likeness (QED) is 0.744. The summed E-state index contributed by atoms with van der Waals surface area (Å²) in [7, 11) is 3.69. The molecule has 21 heavy (non-hydrogen) atoms. The number of methoxy groups -OCH3 is 1. The zero-order valence-corrected chi connectivity index (χ0v) is 12.1. The van der Waals surface area contributed by atoms with E-state index in [4.69, 9.17) is 10.5 Å². The monoisotopic (exact) mass is 279 g/mol.